The van der Waals surface area contributed by atoms with Gasteiger partial charge in [0.25, 0.3) is 0 Å². The number of halogens is 2. The number of rotatable bonds is 8. The number of alkyl carbamates (subject to hydrolysis) is 1. The molecule has 0 bridgehead atoms. The first kappa shape index (κ1) is 23.1. The maximum absolute atomic E-state index is 13.3. The second kappa shape index (κ2) is 10.3. The second-order valence-corrected chi connectivity index (χ2v) is 9.06. The van der Waals surface area contributed by atoms with E-state index >= 15 is 0 Å². The van der Waals surface area contributed by atoms with Crippen molar-refractivity contribution in [3.63, 3.8) is 0 Å². The fraction of sp³-hybridized carbons (Fsp3) is 0.200. The van der Waals surface area contributed by atoms with Gasteiger partial charge in [-0.1, -0.05) is 66.2 Å². The first-order chi connectivity index (χ1) is 15.9. The Bertz CT molecular complexity index is 1140. The third-order valence-electron chi connectivity index (χ3n) is 5.47. The van der Waals surface area contributed by atoms with Crippen LogP contribution in [0.5, 0.6) is 0 Å². The summed E-state index contributed by atoms with van der Waals surface area (Å²) in [6, 6.07) is 19.2. The molecule has 1 unspecified atom stereocenters. The number of hydrogen-bond donors (Lipinski definition) is 2. The van der Waals surface area contributed by atoms with E-state index in [0.29, 0.717) is 5.75 Å². The largest absolute Gasteiger partial charge is 0.480 e. The van der Waals surface area contributed by atoms with Crippen LogP contribution in [0, 0.1) is 5.82 Å². The Hall–Kier alpha value is -3.03. The van der Waals surface area contributed by atoms with Gasteiger partial charge in [0.05, 0.1) is 5.02 Å². The molecular formula is C25H21ClFNO4S. The molecule has 3 aromatic carbocycles. The number of carboxylic acid groups (broad SMARTS) is 1. The molecule has 0 saturated heterocycles. The summed E-state index contributed by atoms with van der Waals surface area (Å²) in [6.07, 6.45) is -0.783. The lowest BCUT2D eigenvalue weighted by Gasteiger charge is -2.17. The number of carbonyl (C=O) groups is 2. The highest BCUT2D eigenvalue weighted by molar-refractivity contribution is 7.98. The maximum atomic E-state index is 13.3. The number of amides is 1. The van der Waals surface area contributed by atoms with Gasteiger partial charge in [0, 0.05) is 17.4 Å². The van der Waals surface area contributed by atoms with Gasteiger partial charge in [-0.3, -0.25) is 0 Å². The predicted molar refractivity (Wildman–Crippen MR) is 127 cm³/mol. The zero-order valence-corrected chi connectivity index (χ0v) is 19.0. The molecule has 2 N–H and O–H groups in total. The van der Waals surface area contributed by atoms with Crippen LogP contribution in [0.2, 0.25) is 5.02 Å². The molecule has 0 radical (unpaired) electrons. The van der Waals surface area contributed by atoms with E-state index < -0.39 is 23.9 Å². The third kappa shape index (κ3) is 5.31. The first-order valence-electron chi connectivity index (χ1n) is 10.3. The first-order valence-corrected chi connectivity index (χ1v) is 11.8. The van der Waals surface area contributed by atoms with Crippen LogP contribution in [0.1, 0.15) is 22.6 Å². The number of aliphatic carboxylic acids is 1. The molecule has 1 aliphatic rings. The highest BCUT2D eigenvalue weighted by Crippen LogP contribution is 2.44. The lowest BCUT2D eigenvalue weighted by molar-refractivity contribution is -0.138. The minimum Gasteiger partial charge on any atom is -0.480 e. The molecule has 170 valence electrons. The minimum atomic E-state index is -1.16. The summed E-state index contributed by atoms with van der Waals surface area (Å²) in [4.78, 5) is 24.0. The van der Waals surface area contributed by atoms with Crippen LogP contribution in [-0.2, 0) is 15.3 Å². The van der Waals surface area contributed by atoms with E-state index in [1.165, 1.54) is 23.9 Å². The molecule has 5 nitrogen and oxygen atoms in total. The number of nitrogens with one attached hydrogen (secondary N) is 1. The Balaban J connectivity index is 1.33. The molecule has 3 aromatic rings. The Morgan fingerprint density at radius 3 is 2.30 bits per heavy atom. The second-order valence-electron chi connectivity index (χ2n) is 7.62. The summed E-state index contributed by atoms with van der Waals surface area (Å²) in [5, 5.41) is 11.9. The summed E-state index contributed by atoms with van der Waals surface area (Å²) in [6.45, 7) is 0.105. The molecule has 33 heavy (non-hydrogen) atoms. The molecule has 0 spiro atoms. The van der Waals surface area contributed by atoms with E-state index in [2.05, 4.69) is 5.32 Å². The number of ether oxygens (including phenoxy) is 1. The summed E-state index contributed by atoms with van der Waals surface area (Å²) in [5.41, 5.74) is 5.15. The minimum absolute atomic E-state index is 0.0136. The van der Waals surface area contributed by atoms with Gasteiger partial charge < -0.3 is 15.2 Å². The molecule has 0 aromatic heterocycles. The van der Waals surface area contributed by atoms with Crippen LogP contribution in [-0.4, -0.2) is 35.6 Å². The number of carbonyl (C=O) groups excluding carboxylic acids is 1. The van der Waals surface area contributed by atoms with E-state index in [1.807, 2.05) is 48.5 Å². The van der Waals surface area contributed by atoms with Crippen LogP contribution in [0.4, 0.5) is 9.18 Å². The van der Waals surface area contributed by atoms with Crippen molar-refractivity contribution < 1.29 is 23.8 Å². The van der Waals surface area contributed by atoms with E-state index in [4.69, 9.17) is 16.3 Å². The SMILES string of the molecule is O=C(NC(CSCc1ccc(F)c(Cl)c1)C(=O)O)OCC1c2ccccc2-c2ccccc21. The van der Waals surface area contributed by atoms with Crippen molar-refractivity contribution in [2.24, 2.45) is 0 Å². The van der Waals surface area contributed by atoms with Gasteiger partial charge in [-0.25, -0.2) is 14.0 Å². The monoisotopic (exact) mass is 485 g/mol. The third-order valence-corrected chi connectivity index (χ3v) is 6.87. The summed E-state index contributed by atoms with van der Waals surface area (Å²) in [7, 11) is 0. The topological polar surface area (TPSA) is 75.6 Å². The highest BCUT2D eigenvalue weighted by atomic mass is 35.5. The molecule has 1 aliphatic carbocycles. The number of hydrogen-bond acceptors (Lipinski definition) is 4. The molecular weight excluding hydrogens is 465 g/mol. The lowest BCUT2D eigenvalue weighted by atomic mass is 9.98. The fourth-order valence-electron chi connectivity index (χ4n) is 3.88. The average Bonchev–Trinajstić information content (AvgIpc) is 3.13. The van der Waals surface area contributed by atoms with Crippen LogP contribution in [0.25, 0.3) is 11.1 Å². The van der Waals surface area contributed by atoms with Gasteiger partial charge in [0.1, 0.15) is 18.5 Å². The quantitative estimate of drug-likeness (QED) is 0.428. The fourth-order valence-corrected chi connectivity index (χ4v) is 5.08. The molecule has 4 rings (SSSR count). The molecule has 8 heteroatoms. The number of carboxylic acids is 1. The zero-order chi connectivity index (χ0) is 23.4. The van der Waals surface area contributed by atoms with Gasteiger partial charge in [-0.15, -0.1) is 0 Å². The maximum Gasteiger partial charge on any atom is 0.407 e. The van der Waals surface area contributed by atoms with E-state index in [1.54, 1.807) is 6.07 Å². The average molecular weight is 486 g/mol. The summed E-state index contributed by atoms with van der Waals surface area (Å²) in [5.74, 6) is -1.23. The standard InChI is InChI=1S/C25H21ClFNO4S/c26-21-11-15(9-10-22(21)27)13-33-14-23(24(29)30)28-25(31)32-12-20-18-7-3-1-5-16(18)17-6-2-4-8-19(17)20/h1-11,20,23H,12-14H2,(H,28,31)(H,29,30). The number of benzene rings is 3. The molecule has 1 atom stereocenters. The van der Waals surface area contributed by atoms with Gasteiger partial charge in [0.2, 0.25) is 0 Å². The summed E-state index contributed by atoms with van der Waals surface area (Å²) < 4.78 is 18.7. The molecule has 0 saturated carbocycles. The Morgan fingerprint density at radius 2 is 1.70 bits per heavy atom. The van der Waals surface area contributed by atoms with Crippen LogP contribution in [0.15, 0.2) is 66.7 Å². The summed E-state index contributed by atoms with van der Waals surface area (Å²) >= 11 is 7.07. The predicted octanol–water partition coefficient (Wildman–Crippen LogP) is 5.70. The Morgan fingerprint density at radius 1 is 1.06 bits per heavy atom. The van der Waals surface area contributed by atoms with Gasteiger partial charge in [-0.05, 0) is 39.9 Å². The van der Waals surface area contributed by atoms with E-state index in [9.17, 15) is 19.1 Å². The normalized spacial score (nSPS) is 13.2. The van der Waals surface area contributed by atoms with Crippen molar-refractivity contribution in [3.8, 4) is 11.1 Å². The molecule has 0 fully saturated rings. The van der Waals surface area contributed by atoms with Crippen molar-refractivity contribution in [1.82, 2.24) is 5.32 Å². The Kier molecular flexibility index (Phi) is 7.20. The van der Waals surface area contributed by atoms with Crippen molar-refractivity contribution in [3.05, 3.63) is 94.3 Å². The van der Waals surface area contributed by atoms with E-state index in [-0.39, 0.29) is 23.3 Å². The van der Waals surface area contributed by atoms with Crippen LogP contribution >= 0.6 is 23.4 Å². The highest BCUT2D eigenvalue weighted by Gasteiger charge is 2.29. The van der Waals surface area contributed by atoms with Gasteiger partial charge in [0.15, 0.2) is 0 Å². The number of fused-ring (bicyclic) bond motifs is 3. The van der Waals surface area contributed by atoms with Crippen LogP contribution < -0.4 is 5.32 Å². The van der Waals surface area contributed by atoms with Crippen LogP contribution in [0.3, 0.4) is 0 Å². The zero-order valence-electron chi connectivity index (χ0n) is 17.5. The van der Waals surface area contributed by atoms with Crippen molar-refractivity contribution in [2.75, 3.05) is 12.4 Å². The Labute approximate surface area is 199 Å². The molecule has 0 aliphatic heterocycles. The van der Waals surface area contributed by atoms with Crippen molar-refractivity contribution in [2.45, 2.75) is 17.7 Å². The molecule has 1 amide bonds. The van der Waals surface area contributed by atoms with Gasteiger partial charge >= 0.3 is 12.1 Å². The van der Waals surface area contributed by atoms with Crippen molar-refractivity contribution in [1.29, 1.82) is 0 Å². The van der Waals surface area contributed by atoms with Gasteiger partial charge in [-0.2, -0.15) is 11.8 Å². The van der Waals surface area contributed by atoms with E-state index in [0.717, 1.165) is 27.8 Å². The van der Waals surface area contributed by atoms with Crippen molar-refractivity contribution >= 4 is 35.4 Å². The number of thioether (sulfide) groups is 1. The lowest BCUT2D eigenvalue weighted by Crippen LogP contribution is -2.43. The molecule has 0 heterocycles. The smallest absolute Gasteiger partial charge is 0.407 e.